The Balaban J connectivity index is 3.14. The van der Waals surface area contributed by atoms with Crippen molar-refractivity contribution in [1.82, 2.24) is 0 Å². The zero-order chi connectivity index (χ0) is 12.3. The molecule has 1 aromatic carbocycles. The van der Waals surface area contributed by atoms with Gasteiger partial charge in [0, 0.05) is 11.1 Å². The number of nitrogens with zero attached hydrogens (tertiary/aromatic N) is 1. The highest BCUT2D eigenvalue weighted by Crippen LogP contribution is 2.37. The maximum Gasteiger partial charge on any atom is 0.314 e. The maximum absolute atomic E-state index is 10.7. The van der Waals surface area contributed by atoms with E-state index in [1.807, 2.05) is 0 Å². The molecule has 0 aliphatic rings. The molecule has 0 unspecified atom stereocenters. The van der Waals surface area contributed by atoms with Crippen molar-refractivity contribution in [2.75, 3.05) is 6.61 Å². The first-order valence-electron chi connectivity index (χ1n) is 3.86. The molecule has 0 fully saturated rings. The number of nitro groups is 1. The van der Waals surface area contributed by atoms with Gasteiger partial charge >= 0.3 is 5.69 Å². The molecule has 0 saturated carbocycles. The number of halogens is 3. The Morgan fingerprint density at radius 1 is 1.44 bits per heavy atom. The molecule has 0 radical (unpaired) electrons. The van der Waals surface area contributed by atoms with Crippen LogP contribution in [0.3, 0.4) is 0 Å². The summed E-state index contributed by atoms with van der Waals surface area (Å²) in [7, 11) is 0. The van der Waals surface area contributed by atoms with E-state index >= 15 is 0 Å². The van der Waals surface area contributed by atoms with Crippen LogP contribution in [0.4, 0.5) is 5.69 Å². The van der Waals surface area contributed by atoms with E-state index in [0.717, 1.165) is 6.07 Å². The van der Waals surface area contributed by atoms with Crippen LogP contribution in [-0.4, -0.2) is 16.8 Å². The summed E-state index contributed by atoms with van der Waals surface area (Å²) in [5.41, 5.74) is -0.421. The minimum atomic E-state index is -0.791. The standard InChI is InChI=1S/C8H4Cl3NO4/c9-4-1-5(10)8(16-3-7(11)13)6(2-4)12(14)15/h1-2H,3H2. The number of ether oxygens (including phenoxy) is 1. The summed E-state index contributed by atoms with van der Waals surface area (Å²) < 4.78 is 4.83. The van der Waals surface area contributed by atoms with Crippen LogP contribution in [-0.2, 0) is 4.79 Å². The quantitative estimate of drug-likeness (QED) is 0.484. The number of hydrogen-bond acceptors (Lipinski definition) is 4. The minimum absolute atomic E-state index is 0.0582. The van der Waals surface area contributed by atoms with Gasteiger partial charge in [0.1, 0.15) is 0 Å². The van der Waals surface area contributed by atoms with Crippen molar-refractivity contribution in [3.63, 3.8) is 0 Å². The first kappa shape index (κ1) is 13.0. The molecular formula is C8H4Cl3NO4. The fourth-order valence-corrected chi connectivity index (χ4v) is 1.55. The molecule has 0 saturated heterocycles. The van der Waals surface area contributed by atoms with E-state index in [4.69, 9.17) is 39.5 Å². The Labute approximate surface area is 105 Å². The minimum Gasteiger partial charge on any atom is -0.476 e. The molecular weight excluding hydrogens is 280 g/mol. The molecule has 0 aromatic heterocycles. The predicted molar refractivity (Wildman–Crippen MR) is 59.5 cm³/mol. The highest BCUT2D eigenvalue weighted by molar-refractivity contribution is 6.63. The largest absolute Gasteiger partial charge is 0.476 e. The SMILES string of the molecule is O=C(Cl)COc1c(Cl)cc(Cl)cc1[N+](=O)[O-]. The molecule has 0 bridgehead atoms. The van der Waals surface area contributed by atoms with E-state index in [9.17, 15) is 14.9 Å². The van der Waals surface area contributed by atoms with Gasteiger partial charge < -0.3 is 4.74 Å². The first-order chi connectivity index (χ1) is 7.41. The van der Waals surface area contributed by atoms with Gasteiger partial charge in [-0.25, -0.2) is 0 Å². The Morgan fingerprint density at radius 2 is 2.06 bits per heavy atom. The third-order valence-corrected chi connectivity index (χ3v) is 2.12. The van der Waals surface area contributed by atoms with Crippen molar-refractivity contribution < 1.29 is 14.5 Å². The second-order valence-electron chi connectivity index (χ2n) is 2.64. The molecule has 0 N–H and O–H groups in total. The van der Waals surface area contributed by atoms with Gasteiger partial charge in [-0.05, 0) is 17.7 Å². The van der Waals surface area contributed by atoms with E-state index in [1.54, 1.807) is 0 Å². The Kier molecular flexibility index (Phi) is 4.35. The van der Waals surface area contributed by atoms with Crippen molar-refractivity contribution in [1.29, 1.82) is 0 Å². The number of rotatable bonds is 4. The molecule has 5 nitrogen and oxygen atoms in total. The van der Waals surface area contributed by atoms with Crippen LogP contribution in [0.25, 0.3) is 0 Å². The third kappa shape index (κ3) is 3.23. The third-order valence-electron chi connectivity index (χ3n) is 1.52. The highest BCUT2D eigenvalue weighted by Gasteiger charge is 2.20. The molecule has 0 amide bonds. The van der Waals surface area contributed by atoms with Gasteiger partial charge in [-0.2, -0.15) is 0 Å². The number of carbonyl (C=O) groups excluding carboxylic acids is 1. The average molecular weight is 284 g/mol. The molecule has 8 heteroatoms. The monoisotopic (exact) mass is 283 g/mol. The molecule has 16 heavy (non-hydrogen) atoms. The number of carbonyl (C=O) groups is 1. The van der Waals surface area contributed by atoms with Gasteiger partial charge in [0.2, 0.25) is 5.75 Å². The van der Waals surface area contributed by atoms with Crippen LogP contribution in [0, 0.1) is 10.1 Å². The van der Waals surface area contributed by atoms with Crippen LogP contribution in [0.15, 0.2) is 12.1 Å². The molecule has 1 aromatic rings. The fourth-order valence-electron chi connectivity index (χ4n) is 0.954. The van der Waals surface area contributed by atoms with Gasteiger partial charge in [0.15, 0.2) is 6.61 Å². The van der Waals surface area contributed by atoms with E-state index in [-0.39, 0.29) is 15.8 Å². The molecule has 0 spiro atoms. The Morgan fingerprint density at radius 3 is 2.56 bits per heavy atom. The van der Waals surface area contributed by atoms with Crippen LogP contribution >= 0.6 is 34.8 Å². The number of benzene rings is 1. The lowest BCUT2D eigenvalue weighted by molar-refractivity contribution is -0.385. The summed E-state index contributed by atoms with van der Waals surface area (Å²) >= 11 is 16.3. The topological polar surface area (TPSA) is 69.4 Å². The zero-order valence-electron chi connectivity index (χ0n) is 7.58. The second-order valence-corrected chi connectivity index (χ2v) is 3.90. The van der Waals surface area contributed by atoms with Gasteiger partial charge in [0.25, 0.3) is 5.24 Å². The van der Waals surface area contributed by atoms with Crippen molar-refractivity contribution in [3.05, 3.63) is 32.3 Å². The van der Waals surface area contributed by atoms with Crippen molar-refractivity contribution in [3.8, 4) is 5.75 Å². The lowest BCUT2D eigenvalue weighted by atomic mass is 10.3. The van der Waals surface area contributed by atoms with Crippen LogP contribution in [0.2, 0.25) is 10.0 Å². The summed E-state index contributed by atoms with van der Waals surface area (Å²) in [6.07, 6.45) is 0. The van der Waals surface area contributed by atoms with Gasteiger partial charge in [-0.15, -0.1) is 0 Å². The van der Waals surface area contributed by atoms with E-state index in [1.165, 1.54) is 6.07 Å². The molecule has 0 atom stereocenters. The maximum atomic E-state index is 10.7. The summed E-state index contributed by atoms with van der Waals surface area (Å²) in [4.78, 5) is 20.4. The summed E-state index contributed by atoms with van der Waals surface area (Å²) in [5, 5.41) is 9.91. The molecule has 0 heterocycles. The summed E-state index contributed by atoms with van der Waals surface area (Å²) in [6, 6.07) is 2.34. The first-order valence-corrected chi connectivity index (χ1v) is 4.99. The van der Waals surface area contributed by atoms with E-state index in [2.05, 4.69) is 0 Å². The average Bonchev–Trinajstić information content (AvgIpc) is 2.14. The number of hydrogen-bond donors (Lipinski definition) is 0. The van der Waals surface area contributed by atoms with E-state index in [0.29, 0.717) is 0 Å². The predicted octanol–water partition coefficient (Wildman–Crippen LogP) is 3.05. The van der Waals surface area contributed by atoms with Crippen molar-refractivity contribution in [2.45, 2.75) is 0 Å². The Bertz CT molecular complexity index is 449. The van der Waals surface area contributed by atoms with Crippen LogP contribution < -0.4 is 4.74 Å². The lowest BCUT2D eigenvalue weighted by Gasteiger charge is -2.06. The van der Waals surface area contributed by atoms with Crippen LogP contribution in [0.5, 0.6) is 5.75 Å². The normalized spacial score (nSPS) is 9.94. The highest BCUT2D eigenvalue weighted by atomic mass is 35.5. The zero-order valence-corrected chi connectivity index (χ0v) is 9.84. The van der Waals surface area contributed by atoms with Gasteiger partial charge in [0.05, 0.1) is 9.95 Å². The molecule has 1 rings (SSSR count). The van der Waals surface area contributed by atoms with Crippen molar-refractivity contribution >= 4 is 45.7 Å². The van der Waals surface area contributed by atoms with Crippen molar-refractivity contribution in [2.24, 2.45) is 0 Å². The smallest absolute Gasteiger partial charge is 0.314 e. The van der Waals surface area contributed by atoms with E-state index < -0.39 is 22.5 Å². The molecule has 0 aliphatic heterocycles. The van der Waals surface area contributed by atoms with Gasteiger partial charge in [-0.1, -0.05) is 23.2 Å². The lowest BCUT2D eigenvalue weighted by Crippen LogP contribution is -2.06. The van der Waals surface area contributed by atoms with Crippen LogP contribution in [0.1, 0.15) is 0 Å². The molecule has 0 aliphatic carbocycles. The number of nitro benzene ring substituents is 1. The fraction of sp³-hybridized carbons (Fsp3) is 0.125. The second kappa shape index (κ2) is 5.34. The van der Waals surface area contributed by atoms with Gasteiger partial charge in [-0.3, -0.25) is 14.9 Å². The molecule has 86 valence electrons. The Hall–Kier alpha value is -1.04. The summed E-state index contributed by atoms with van der Waals surface area (Å²) in [6.45, 7) is -0.510. The summed E-state index contributed by atoms with van der Waals surface area (Å²) in [5.74, 6) is -0.231.